The van der Waals surface area contributed by atoms with Crippen LogP contribution in [0.15, 0.2) is 18.2 Å². The van der Waals surface area contributed by atoms with E-state index in [4.69, 9.17) is 10.00 Å². The van der Waals surface area contributed by atoms with E-state index >= 15 is 0 Å². The first-order valence-electron chi connectivity index (χ1n) is 4.84. The number of aryl methyl sites for hydroxylation is 1. The SMILES string of the molecule is COC(=O)CCc1cc(C#N)cc(OC)c1. The summed E-state index contributed by atoms with van der Waals surface area (Å²) in [5.74, 6) is 0.361. The molecule has 16 heavy (non-hydrogen) atoms. The molecule has 0 heterocycles. The minimum absolute atomic E-state index is 0.263. The number of carbonyl (C=O) groups excluding carboxylic acids is 1. The van der Waals surface area contributed by atoms with Crippen molar-refractivity contribution in [3.05, 3.63) is 29.3 Å². The van der Waals surface area contributed by atoms with Crippen LogP contribution in [0.2, 0.25) is 0 Å². The maximum atomic E-state index is 11.0. The number of rotatable bonds is 4. The number of methoxy groups -OCH3 is 2. The van der Waals surface area contributed by atoms with Crippen molar-refractivity contribution in [3.63, 3.8) is 0 Å². The standard InChI is InChI=1S/C12H13NO3/c1-15-11-6-9(3-4-12(14)16-2)5-10(7-11)8-13/h5-7H,3-4H2,1-2H3. The van der Waals surface area contributed by atoms with Crippen LogP contribution >= 0.6 is 0 Å². The topological polar surface area (TPSA) is 59.3 Å². The second-order valence-corrected chi connectivity index (χ2v) is 3.26. The summed E-state index contributed by atoms with van der Waals surface area (Å²) in [6, 6.07) is 7.25. The molecule has 0 amide bonds. The van der Waals surface area contributed by atoms with Gasteiger partial charge >= 0.3 is 5.97 Å². The Balaban J connectivity index is 2.80. The molecule has 0 saturated heterocycles. The summed E-state index contributed by atoms with van der Waals surface area (Å²) < 4.78 is 9.61. The molecule has 1 aromatic rings. The molecule has 0 radical (unpaired) electrons. The first-order valence-corrected chi connectivity index (χ1v) is 4.84. The summed E-state index contributed by atoms with van der Waals surface area (Å²) in [6.07, 6.45) is 0.840. The van der Waals surface area contributed by atoms with Gasteiger partial charge in [-0.25, -0.2) is 0 Å². The molecule has 0 aliphatic heterocycles. The third-order valence-electron chi connectivity index (χ3n) is 2.18. The van der Waals surface area contributed by atoms with Crippen molar-refractivity contribution in [2.75, 3.05) is 14.2 Å². The van der Waals surface area contributed by atoms with Crippen molar-refractivity contribution in [2.45, 2.75) is 12.8 Å². The normalized spacial score (nSPS) is 9.31. The van der Waals surface area contributed by atoms with Gasteiger partial charge in [0.15, 0.2) is 0 Å². The predicted octanol–water partition coefficient (Wildman–Crippen LogP) is 1.67. The van der Waals surface area contributed by atoms with Gasteiger partial charge in [0, 0.05) is 6.42 Å². The third-order valence-corrected chi connectivity index (χ3v) is 2.18. The summed E-state index contributed by atoms with van der Waals surface area (Å²) in [7, 11) is 2.90. The van der Waals surface area contributed by atoms with Crippen molar-refractivity contribution in [1.82, 2.24) is 0 Å². The highest BCUT2D eigenvalue weighted by Gasteiger charge is 2.04. The fraction of sp³-hybridized carbons (Fsp3) is 0.333. The van der Waals surface area contributed by atoms with E-state index in [2.05, 4.69) is 4.74 Å². The van der Waals surface area contributed by atoms with Crippen LogP contribution in [0.25, 0.3) is 0 Å². The molecule has 0 aliphatic rings. The van der Waals surface area contributed by atoms with Crippen LogP contribution in [0.1, 0.15) is 17.5 Å². The van der Waals surface area contributed by atoms with E-state index in [0.717, 1.165) is 5.56 Å². The van der Waals surface area contributed by atoms with Crippen LogP contribution in [0.5, 0.6) is 5.75 Å². The lowest BCUT2D eigenvalue weighted by Gasteiger charge is -2.05. The minimum atomic E-state index is -0.263. The molecule has 0 spiro atoms. The van der Waals surface area contributed by atoms with Gasteiger partial charge in [-0.1, -0.05) is 0 Å². The minimum Gasteiger partial charge on any atom is -0.497 e. The number of hydrogen-bond acceptors (Lipinski definition) is 4. The maximum Gasteiger partial charge on any atom is 0.305 e. The number of nitrogens with zero attached hydrogens (tertiary/aromatic N) is 1. The van der Waals surface area contributed by atoms with Gasteiger partial charge in [0.1, 0.15) is 5.75 Å². The molecule has 4 nitrogen and oxygen atoms in total. The molecule has 0 N–H and O–H groups in total. The van der Waals surface area contributed by atoms with Gasteiger partial charge in [-0.05, 0) is 30.2 Å². The number of esters is 1. The third kappa shape index (κ3) is 3.28. The lowest BCUT2D eigenvalue weighted by molar-refractivity contribution is -0.140. The summed E-state index contributed by atoms with van der Waals surface area (Å²) in [5.41, 5.74) is 1.42. The smallest absolute Gasteiger partial charge is 0.305 e. The Morgan fingerprint density at radius 2 is 2.12 bits per heavy atom. The van der Waals surface area contributed by atoms with E-state index in [1.165, 1.54) is 7.11 Å². The second-order valence-electron chi connectivity index (χ2n) is 3.26. The summed E-state index contributed by atoms with van der Waals surface area (Å²) >= 11 is 0. The average Bonchev–Trinajstić information content (AvgIpc) is 2.35. The Kier molecular flexibility index (Phi) is 4.34. The Morgan fingerprint density at radius 3 is 2.69 bits per heavy atom. The molecule has 0 bridgehead atoms. The molecular formula is C12H13NO3. The molecule has 0 fully saturated rings. The molecule has 0 aliphatic carbocycles. The lowest BCUT2D eigenvalue weighted by atomic mass is 10.1. The molecule has 0 atom stereocenters. The molecule has 0 saturated carbocycles. The Labute approximate surface area is 94.4 Å². The van der Waals surface area contributed by atoms with Crippen molar-refractivity contribution in [2.24, 2.45) is 0 Å². The fourth-order valence-corrected chi connectivity index (χ4v) is 1.34. The monoisotopic (exact) mass is 219 g/mol. The van der Waals surface area contributed by atoms with Gasteiger partial charge in [-0.2, -0.15) is 5.26 Å². The van der Waals surface area contributed by atoms with E-state index in [9.17, 15) is 4.79 Å². The first-order chi connectivity index (χ1) is 7.69. The Bertz CT molecular complexity index is 421. The van der Waals surface area contributed by atoms with Crippen LogP contribution in [-0.2, 0) is 16.0 Å². The van der Waals surface area contributed by atoms with E-state index in [1.54, 1.807) is 19.2 Å². The van der Waals surface area contributed by atoms with Gasteiger partial charge in [0.05, 0.1) is 25.9 Å². The van der Waals surface area contributed by atoms with Crippen LogP contribution in [0.4, 0.5) is 0 Å². The van der Waals surface area contributed by atoms with Gasteiger partial charge in [-0.3, -0.25) is 4.79 Å². The Morgan fingerprint density at radius 1 is 1.38 bits per heavy atom. The van der Waals surface area contributed by atoms with Crippen LogP contribution < -0.4 is 4.74 Å². The zero-order valence-corrected chi connectivity index (χ0v) is 9.32. The molecule has 1 aromatic carbocycles. The summed E-state index contributed by atoms with van der Waals surface area (Å²) in [4.78, 5) is 11.0. The molecule has 0 aromatic heterocycles. The van der Waals surface area contributed by atoms with Gasteiger partial charge < -0.3 is 9.47 Å². The van der Waals surface area contributed by atoms with E-state index in [-0.39, 0.29) is 5.97 Å². The van der Waals surface area contributed by atoms with E-state index < -0.39 is 0 Å². The van der Waals surface area contributed by atoms with Crippen LogP contribution in [0, 0.1) is 11.3 Å². The summed E-state index contributed by atoms with van der Waals surface area (Å²) in [6.45, 7) is 0. The second kappa shape index (κ2) is 5.76. The van der Waals surface area contributed by atoms with Crippen molar-refractivity contribution in [1.29, 1.82) is 5.26 Å². The molecule has 4 heteroatoms. The van der Waals surface area contributed by atoms with E-state index in [1.807, 2.05) is 12.1 Å². The van der Waals surface area contributed by atoms with Crippen LogP contribution in [0.3, 0.4) is 0 Å². The zero-order valence-electron chi connectivity index (χ0n) is 9.32. The molecule has 84 valence electrons. The largest absolute Gasteiger partial charge is 0.497 e. The summed E-state index contributed by atoms with van der Waals surface area (Å²) in [5, 5.41) is 8.81. The fourth-order valence-electron chi connectivity index (χ4n) is 1.34. The highest BCUT2D eigenvalue weighted by atomic mass is 16.5. The van der Waals surface area contributed by atoms with Gasteiger partial charge in [0.25, 0.3) is 0 Å². The zero-order chi connectivity index (χ0) is 12.0. The van der Waals surface area contributed by atoms with Gasteiger partial charge in [0.2, 0.25) is 0 Å². The molecule has 0 unspecified atom stereocenters. The van der Waals surface area contributed by atoms with Crippen molar-refractivity contribution in [3.8, 4) is 11.8 Å². The number of ether oxygens (including phenoxy) is 2. The average molecular weight is 219 g/mol. The van der Waals surface area contributed by atoms with Crippen molar-refractivity contribution >= 4 is 5.97 Å². The number of hydrogen-bond donors (Lipinski definition) is 0. The quantitative estimate of drug-likeness (QED) is 0.723. The number of carbonyl (C=O) groups is 1. The number of benzene rings is 1. The maximum absolute atomic E-state index is 11.0. The molecule has 1 rings (SSSR count). The highest BCUT2D eigenvalue weighted by Crippen LogP contribution is 2.17. The van der Waals surface area contributed by atoms with Crippen LogP contribution in [-0.4, -0.2) is 20.2 Å². The van der Waals surface area contributed by atoms with E-state index in [0.29, 0.717) is 24.2 Å². The lowest BCUT2D eigenvalue weighted by Crippen LogP contribution is -2.02. The van der Waals surface area contributed by atoms with Crippen molar-refractivity contribution < 1.29 is 14.3 Å². The van der Waals surface area contributed by atoms with Gasteiger partial charge in [-0.15, -0.1) is 0 Å². The predicted molar refractivity (Wildman–Crippen MR) is 58.0 cm³/mol. The molecular weight excluding hydrogens is 206 g/mol. The first kappa shape index (κ1) is 12.1. The number of nitriles is 1. The highest BCUT2D eigenvalue weighted by molar-refractivity contribution is 5.69. The Hall–Kier alpha value is -2.02.